The van der Waals surface area contributed by atoms with Crippen LogP contribution < -0.4 is 19.5 Å². The second-order valence-corrected chi connectivity index (χ2v) is 8.01. The van der Waals surface area contributed by atoms with Gasteiger partial charge in [-0.15, -0.1) is 0 Å². The van der Waals surface area contributed by atoms with Gasteiger partial charge in [0.15, 0.2) is 11.5 Å². The molecule has 0 bridgehead atoms. The number of para-hydroxylation sites is 3. The van der Waals surface area contributed by atoms with E-state index in [1.54, 1.807) is 14.2 Å². The van der Waals surface area contributed by atoms with Crippen molar-refractivity contribution >= 4 is 34.3 Å². The predicted molar refractivity (Wildman–Crippen MR) is 132 cm³/mol. The number of halogens is 1. The highest BCUT2D eigenvalue weighted by molar-refractivity contribution is 6.32. The third-order valence-electron chi connectivity index (χ3n) is 5.74. The number of nitrogens with zero attached hydrogens (tertiary/aromatic N) is 2. The van der Waals surface area contributed by atoms with E-state index in [1.807, 2.05) is 55.5 Å². The number of fused-ring (bicyclic) bond motifs is 3. The van der Waals surface area contributed by atoms with Gasteiger partial charge in [0.05, 0.1) is 42.9 Å². The maximum atomic E-state index is 6.50. The average molecular weight is 462 g/mol. The molecule has 1 aliphatic rings. The molecule has 168 valence electrons. The number of aromatic nitrogens is 2. The zero-order chi connectivity index (χ0) is 22.9. The summed E-state index contributed by atoms with van der Waals surface area (Å²) in [5.74, 6) is 2.78. The Balaban J connectivity index is 1.70. The van der Waals surface area contributed by atoms with E-state index in [0.29, 0.717) is 28.9 Å². The van der Waals surface area contributed by atoms with Gasteiger partial charge >= 0.3 is 0 Å². The molecule has 1 atom stereocenters. The molecule has 1 aliphatic heterocycles. The second kappa shape index (κ2) is 8.71. The molecule has 5 rings (SSSR count). The minimum atomic E-state index is -0.181. The van der Waals surface area contributed by atoms with E-state index in [4.69, 9.17) is 30.8 Å². The summed E-state index contributed by atoms with van der Waals surface area (Å²) in [6.07, 6.45) is 2.16. The summed E-state index contributed by atoms with van der Waals surface area (Å²) in [5.41, 5.74) is 4.74. The second-order valence-electron chi connectivity index (χ2n) is 7.61. The summed E-state index contributed by atoms with van der Waals surface area (Å²) in [7, 11) is 3.30. The number of allylic oxidation sites excluding steroid dienone is 1. The van der Waals surface area contributed by atoms with Gasteiger partial charge in [-0.3, -0.25) is 4.57 Å². The third kappa shape index (κ3) is 3.66. The zero-order valence-electron chi connectivity index (χ0n) is 18.6. The monoisotopic (exact) mass is 461 g/mol. The lowest BCUT2D eigenvalue weighted by Gasteiger charge is -2.28. The smallest absolute Gasteiger partial charge is 0.209 e. The standard InChI is InChI=1S/C26H24ClN3O3/c1-4-33-23-13-12-16(14-18(23)27)20-15-22(17-8-7-11-24(31-2)25(17)32-3)30-21-10-6-5-9-19(21)28-26(30)29-20/h5-15,22H,4H2,1-3H3,(H,28,29)/t22-/m1/s1. The van der Waals surface area contributed by atoms with Gasteiger partial charge in [0, 0.05) is 11.3 Å². The molecule has 2 heterocycles. The van der Waals surface area contributed by atoms with Gasteiger partial charge in [-0.1, -0.05) is 35.9 Å². The van der Waals surface area contributed by atoms with Crippen molar-refractivity contribution in [2.45, 2.75) is 13.0 Å². The molecular formula is C26H24ClN3O3. The summed E-state index contributed by atoms with van der Waals surface area (Å²) in [5, 5.41) is 4.05. The Labute approximate surface area is 197 Å². The molecule has 3 aromatic carbocycles. The van der Waals surface area contributed by atoms with Crippen LogP contribution in [0, 0.1) is 0 Å². The van der Waals surface area contributed by atoms with Crippen LogP contribution in [0.15, 0.2) is 66.7 Å². The lowest BCUT2D eigenvalue weighted by molar-refractivity contribution is 0.340. The van der Waals surface area contributed by atoms with Gasteiger partial charge in [0.25, 0.3) is 0 Å². The Morgan fingerprint density at radius 3 is 2.61 bits per heavy atom. The fraction of sp³-hybridized carbons (Fsp3) is 0.192. The highest BCUT2D eigenvalue weighted by atomic mass is 35.5. The van der Waals surface area contributed by atoms with Gasteiger partial charge in [-0.25, -0.2) is 4.98 Å². The minimum absolute atomic E-state index is 0.181. The molecule has 4 aromatic rings. The molecule has 0 radical (unpaired) electrons. The van der Waals surface area contributed by atoms with Gasteiger partial charge in [-0.2, -0.15) is 0 Å². The zero-order valence-corrected chi connectivity index (χ0v) is 19.4. The number of rotatable bonds is 6. The molecule has 0 unspecified atom stereocenters. The van der Waals surface area contributed by atoms with Gasteiger partial charge < -0.3 is 19.5 Å². The van der Waals surface area contributed by atoms with E-state index >= 15 is 0 Å². The van der Waals surface area contributed by atoms with Crippen molar-refractivity contribution in [2.24, 2.45) is 0 Å². The van der Waals surface area contributed by atoms with Crippen molar-refractivity contribution in [1.29, 1.82) is 0 Å². The van der Waals surface area contributed by atoms with Crippen LogP contribution in [0.4, 0.5) is 5.95 Å². The van der Waals surface area contributed by atoms with Crippen molar-refractivity contribution in [3.63, 3.8) is 0 Å². The number of ether oxygens (including phenoxy) is 3. The molecule has 0 saturated heterocycles. The van der Waals surface area contributed by atoms with Crippen molar-refractivity contribution in [1.82, 2.24) is 9.55 Å². The molecule has 0 fully saturated rings. The van der Waals surface area contributed by atoms with Crippen LogP contribution in [-0.2, 0) is 0 Å². The largest absolute Gasteiger partial charge is 0.493 e. The summed E-state index contributed by atoms with van der Waals surface area (Å²) >= 11 is 6.50. The van der Waals surface area contributed by atoms with Crippen LogP contribution in [0.5, 0.6) is 17.2 Å². The fourth-order valence-corrected chi connectivity index (χ4v) is 4.53. The first-order valence-corrected chi connectivity index (χ1v) is 11.1. The SMILES string of the molecule is CCOc1ccc(C2=C[C@H](c3cccc(OC)c3OC)n3c(nc4ccccc43)N2)cc1Cl. The normalized spacial score (nSPS) is 14.9. The Morgan fingerprint density at radius 1 is 1.00 bits per heavy atom. The summed E-state index contributed by atoms with van der Waals surface area (Å²) < 4.78 is 19.1. The minimum Gasteiger partial charge on any atom is -0.493 e. The topological polar surface area (TPSA) is 57.5 Å². The summed E-state index contributed by atoms with van der Waals surface area (Å²) in [6, 6.07) is 19.6. The maximum absolute atomic E-state index is 6.50. The molecule has 7 heteroatoms. The Morgan fingerprint density at radius 2 is 1.85 bits per heavy atom. The number of hydrogen-bond acceptors (Lipinski definition) is 5. The summed E-state index contributed by atoms with van der Waals surface area (Å²) in [4.78, 5) is 4.85. The average Bonchev–Trinajstić information content (AvgIpc) is 3.22. The van der Waals surface area contributed by atoms with E-state index in [0.717, 1.165) is 33.8 Å². The molecule has 0 spiro atoms. The van der Waals surface area contributed by atoms with Crippen LogP contribution in [0.25, 0.3) is 16.7 Å². The van der Waals surface area contributed by atoms with Gasteiger partial charge in [-0.05, 0) is 55.0 Å². The first kappa shape index (κ1) is 21.2. The Hall–Kier alpha value is -3.64. The molecule has 1 N–H and O–H groups in total. The predicted octanol–water partition coefficient (Wildman–Crippen LogP) is 6.16. The van der Waals surface area contributed by atoms with Crippen molar-refractivity contribution < 1.29 is 14.2 Å². The van der Waals surface area contributed by atoms with Crippen molar-refractivity contribution in [3.8, 4) is 17.2 Å². The van der Waals surface area contributed by atoms with E-state index in [9.17, 15) is 0 Å². The van der Waals surface area contributed by atoms with Crippen molar-refractivity contribution in [3.05, 3.63) is 82.9 Å². The number of nitrogens with one attached hydrogen (secondary N) is 1. The highest BCUT2D eigenvalue weighted by Gasteiger charge is 2.28. The number of hydrogen-bond donors (Lipinski definition) is 1. The lowest BCUT2D eigenvalue weighted by Crippen LogP contribution is -2.19. The summed E-state index contributed by atoms with van der Waals surface area (Å²) in [6.45, 7) is 2.49. The molecule has 0 aliphatic carbocycles. The third-order valence-corrected chi connectivity index (χ3v) is 6.04. The van der Waals surface area contributed by atoms with E-state index in [1.165, 1.54) is 0 Å². The Bertz CT molecular complexity index is 1360. The van der Waals surface area contributed by atoms with Crippen LogP contribution in [0.3, 0.4) is 0 Å². The van der Waals surface area contributed by atoms with Crippen LogP contribution >= 0.6 is 11.6 Å². The van der Waals surface area contributed by atoms with Crippen molar-refractivity contribution in [2.75, 3.05) is 26.1 Å². The molecule has 1 aromatic heterocycles. The van der Waals surface area contributed by atoms with Crippen LogP contribution in [0.2, 0.25) is 5.02 Å². The first-order valence-electron chi connectivity index (χ1n) is 10.7. The first-order chi connectivity index (χ1) is 16.1. The molecular weight excluding hydrogens is 438 g/mol. The van der Waals surface area contributed by atoms with Gasteiger partial charge in [0.2, 0.25) is 5.95 Å². The molecule has 6 nitrogen and oxygen atoms in total. The number of anilines is 1. The number of benzene rings is 3. The van der Waals surface area contributed by atoms with Gasteiger partial charge in [0.1, 0.15) is 5.75 Å². The van der Waals surface area contributed by atoms with Crippen LogP contribution in [-0.4, -0.2) is 30.4 Å². The Kier molecular flexibility index (Phi) is 5.60. The fourth-order valence-electron chi connectivity index (χ4n) is 4.29. The van der Waals surface area contributed by atoms with E-state index in [-0.39, 0.29) is 6.04 Å². The maximum Gasteiger partial charge on any atom is 0.209 e. The van der Waals surface area contributed by atoms with E-state index < -0.39 is 0 Å². The number of methoxy groups -OCH3 is 2. The quantitative estimate of drug-likeness (QED) is 0.372. The van der Waals surface area contributed by atoms with E-state index in [2.05, 4.69) is 28.1 Å². The molecule has 0 amide bonds. The number of imidazole rings is 1. The van der Waals surface area contributed by atoms with Crippen LogP contribution in [0.1, 0.15) is 24.1 Å². The molecule has 33 heavy (non-hydrogen) atoms. The molecule has 0 saturated carbocycles. The lowest BCUT2D eigenvalue weighted by atomic mass is 9.99. The highest BCUT2D eigenvalue weighted by Crippen LogP contribution is 2.43.